The van der Waals surface area contributed by atoms with E-state index in [1.54, 1.807) is 12.1 Å². The molecule has 20 heavy (non-hydrogen) atoms. The zero-order valence-corrected chi connectivity index (χ0v) is 12.1. The van der Waals surface area contributed by atoms with E-state index in [9.17, 15) is 13.2 Å². The molecule has 1 aromatic rings. The maximum absolute atomic E-state index is 12.2. The molecule has 1 fully saturated rings. The van der Waals surface area contributed by atoms with Crippen molar-refractivity contribution < 1.29 is 17.9 Å². The molecule has 0 aromatic heterocycles. The molecule has 112 valence electrons. The number of alkyl halides is 3. The number of hydrogen-bond acceptors (Lipinski definition) is 3. The van der Waals surface area contributed by atoms with Crippen molar-refractivity contribution >= 4 is 11.8 Å². The highest BCUT2D eigenvalue weighted by Gasteiger charge is 2.29. The number of benzene rings is 1. The van der Waals surface area contributed by atoms with E-state index in [-0.39, 0.29) is 22.8 Å². The van der Waals surface area contributed by atoms with Crippen LogP contribution in [0, 0.1) is 5.92 Å². The number of nitrogens with one attached hydrogen (secondary N) is 1. The van der Waals surface area contributed by atoms with Gasteiger partial charge in [0, 0.05) is 17.4 Å². The Hall–Kier alpha value is -0.880. The first-order valence-electron chi connectivity index (χ1n) is 6.67. The van der Waals surface area contributed by atoms with Gasteiger partial charge < -0.3 is 10.1 Å². The number of rotatable bonds is 3. The molecule has 1 aliphatic rings. The van der Waals surface area contributed by atoms with Gasteiger partial charge in [0.15, 0.2) is 0 Å². The quantitative estimate of drug-likeness (QED) is 0.851. The number of ether oxygens (including phenoxy) is 1. The summed E-state index contributed by atoms with van der Waals surface area (Å²) in [5, 5.41) is 3.34. The molecule has 2 rings (SSSR count). The molecule has 0 aliphatic carbocycles. The van der Waals surface area contributed by atoms with Crippen LogP contribution in [-0.4, -0.2) is 24.7 Å². The van der Waals surface area contributed by atoms with E-state index in [0.717, 1.165) is 25.9 Å². The second-order valence-corrected chi connectivity index (χ2v) is 6.14. The van der Waals surface area contributed by atoms with E-state index in [1.165, 1.54) is 12.1 Å². The Labute approximate surface area is 121 Å². The zero-order valence-electron chi connectivity index (χ0n) is 11.2. The summed E-state index contributed by atoms with van der Waals surface area (Å²) in [4.78, 5) is 0.181. The molecule has 0 bridgehead atoms. The van der Waals surface area contributed by atoms with Gasteiger partial charge in [-0.3, -0.25) is 0 Å². The van der Waals surface area contributed by atoms with Crippen molar-refractivity contribution in [3.63, 3.8) is 0 Å². The van der Waals surface area contributed by atoms with Gasteiger partial charge in [0.2, 0.25) is 0 Å². The van der Waals surface area contributed by atoms with Gasteiger partial charge in [-0.05, 0) is 55.4 Å². The van der Waals surface area contributed by atoms with E-state index in [2.05, 4.69) is 12.2 Å². The Kier molecular flexibility index (Phi) is 5.21. The van der Waals surface area contributed by atoms with Crippen LogP contribution in [0.5, 0.6) is 5.75 Å². The van der Waals surface area contributed by atoms with E-state index in [1.807, 2.05) is 0 Å². The minimum atomic E-state index is -4.25. The number of thioether (sulfide) groups is 1. The molecule has 2 unspecified atom stereocenters. The standard InChI is InChI=1S/C14H18F3NOS/c1-10-9-18-8-2-3-13(10)19-11-4-6-12(7-5-11)20-14(15,16)17/h4-7,10,13,18H,2-3,8-9H2,1H3. The lowest BCUT2D eigenvalue weighted by molar-refractivity contribution is -0.0328. The van der Waals surface area contributed by atoms with Crippen LogP contribution in [0.2, 0.25) is 0 Å². The molecule has 0 saturated carbocycles. The van der Waals surface area contributed by atoms with E-state index >= 15 is 0 Å². The van der Waals surface area contributed by atoms with E-state index < -0.39 is 5.51 Å². The van der Waals surface area contributed by atoms with Gasteiger partial charge in [-0.15, -0.1) is 0 Å². The van der Waals surface area contributed by atoms with Gasteiger partial charge in [-0.25, -0.2) is 0 Å². The number of hydrogen-bond donors (Lipinski definition) is 1. The summed E-state index contributed by atoms with van der Waals surface area (Å²) in [6.45, 7) is 4.02. The van der Waals surface area contributed by atoms with Crippen LogP contribution >= 0.6 is 11.8 Å². The van der Waals surface area contributed by atoms with Crippen molar-refractivity contribution in [2.75, 3.05) is 13.1 Å². The summed E-state index contributed by atoms with van der Waals surface area (Å²) in [5.41, 5.74) is -4.25. The van der Waals surface area contributed by atoms with Gasteiger partial charge in [0.1, 0.15) is 11.9 Å². The van der Waals surface area contributed by atoms with Crippen LogP contribution in [0.1, 0.15) is 19.8 Å². The Bertz CT molecular complexity index is 421. The first kappa shape index (κ1) is 15.5. The number of halogens is 3. The van der Waals surface area contributed by atoms with Crippen molar-refractivity contribution in [3.8, 4) is 5.75 Å². The predicted octanol–water partition coefficient (Wildman–Crippen LogP) is 4.07. The zero-order chi connectivity index (χ0) is 14.6. The fraction of sp³-hybridized carbons (Fsp3) is 0.571. The maximum atomic E-state index is 12.2. The van der Waals surface area contributed by atoms with Crippen LogP contribution in [0.15, 0.2) is 29.2 Å². The molecule has 0 spiro atoms. The van der Waals surface area contributed by atoms with Crippen LogP contribution < -0.4 is 10.1 Å². The van der Waals surface area contributed by atoms with Crippen molar-refractivity contribution in [3.05, 3.63) is 24.3 Å². The highest BCUT2D eigenvalue weighted by molar-refractivity contribution is 8.00. The third-order valence-corrected chi connectivity index (χ3v) is 4.03. The van der Waals surface area contributed by atoms with Gasteiger partial charge in [0.05, 0.1) is 0 Å². The van der Waals surface area contributed by atoms with Gasteiger partial charge >= 0.3 is 5.51 Å². The fourth-order valence-corrected chi connectivity index (χ4v) is 2.78. The van der Waals surface area contributed by atoms with Crippen molar-refractivity contribution in [2.45, 2.75) is 36.3 Å². The highest BCUT2D eigenvalue weighted by atomic mass is 32.2. The molecule has 1 N–H and O–H groups in total. The average molecular weight is 305 g/mol. The summed E-state index contributed by atoms with van der Waals surface area (Å²) in [6, 6.07) is 6.12. The lowest BCUT2D eigenvalue weighted by atomic mass is 10.0. The molecule has 6 heteroatoms. The molecule has 2 atom stereocenters. The molecule has 1 heterocycles. The van der Waals surface area contributed by atoms with Crippen LogP contribution in [0.4, 0.5) is 13.2 Å². The van der Waals surface area contributed by atoms with Crippen molar-refractivity contribution in [1.29, 1.82) is 0 Å². The monoisotopic (exact) mass is 305 g/mol. The first-order chi connectivity index (χ1) is 9.44. The summed E-state index contributed by atoms with van der Waals surface area (Å²) in [6.07, 6.45) is 2.13. The highest BCUT2D eigenvalue weighted by Crippen LogP contribution is 2.37. The molecule has 1 saturated heterocycles. The van der Waals surface area contributed by atoms with Crippen molar-refractivity contribution in [1.82, 2.24) is 5.32 Å². The summed E-state index contributed by atoms with van der Waals surface area (Å²) in [7, 11) is 0. The van der Waals surface area contributed by atoms with Gasteiger partial charge in [0.25, 0.3) is 0 Å². The predicted molar refractivity (Wildman–Crippen MR) is 74.0 cm³/mol. The maximum Gasteiger partial charge on any atom is 0.446 e. The molecule has 2 nitrogen and oxygen atoms in total. The topological polar surface area (TPSA) is 21.3 Å². The minimum Gasteiger partial charge on any atom is -0.490 e. The van der Waals surface area contributed by atoms with Crippen LogP contribution in [-0.2, 0) is 0 Å². The van der Waals surface area contributed by atoms with E-state index in [0.29, 0.717) is 11.7 Å². The summed E-state index contributed by atoms with van der Waals surface area (Å²) >= 11 is -0.106. The lowest BCUT2D eigenvalue weighted by Crippen LogP contribution is -2.29. The van der Waals surface area contributed by atoms with Gasteiger partial charge in [-0.2, -0.15) is 13.2 Å². The molecule has 1 aliphatic heterocycles. The molecular formula is C14H18F3NOS. The second-order valence-electron chi connectivity index (χ2n) is 5.00. The summed E-state index contributed by atoms with van der Waals surface area (Å²) in [5.74, 6) is 1.03. The van der Waals surface area contributed by atoms with Crippen molar-refractivity contribution in [2.24, 2.45) is 5.92 Å². The Morgan fingerprint density at radius 1 is 1.25 bits per heavy atom. The molecule has 0 amide bonds. The molecule has 0 radical (unpaired) electrons. The van der Waals surface area contributed by atoms with Gasteiger partial charge in [-0.1, -0.05) is 6.92 Å². The third kappa shape index (κ3) is 4.90. The third-order valence-electron chi connectivity index (χ3n) is 3.29. The second kappa shape index (κ2) is 6.72. The lowest BCUT2D eigenvalue weighted by Gasteiger charge is -2.22. The Balaban J connectivity index is 1.96. The largest absolute Gasteiger partial charge is 0.490 e. The normalized spacial score (nSPS) is 24.2. The fourth-order valence-electron chi connectivity index (χ4n) is 2.24. The van der Waals surface area contributed by atoms with Crippen LogP contribution in [0.3, 0.4) is 0 Å². The SMILES string of the molecule is CC1CNCCCC1Oc1ccc(SC(F)(F)F)cc1. The van der Waals surface area contributed by atoms with E-state index in [4.69, 9.17) is 4.74 Å². The minimum absolute atomic E-state index is 0.106. The molecular weight excluding hydrogens is 287 g/mol. The van der Waals surface area contributed by atoms with Crippen LogP contribution in [0.25, 0.3) is 0 Å². The Morgan fingerprint density at radius 2 is 1.95 bits per heavy atom. The Morgan fingerprint density at radius 3 is 2.60 bits per heavy atom. The summed E-state index contributed by atoms with van der Waals surface area (Å²) < 4.78 is 42.6. The molecule has 1 aromatic carbocycles. The smallest absolute Gasteiger partial charge is 0.446 e. The first-order valence-corrected chi connectivity index (χ1v) is 7.49. The average Bonchev–Trinajstić information content (AvgIpc) is 2.56.